The summed E-state index contributed by atoms with van der Waals surface area (Å²) in [6.45, 7) is 5.28. The van der Waals surface area contributed by atoms with Gasteiger partial charge in [0.05, 0.1) is 16.8 Å². The van der Waals surface area contributed by atoms with Crippen LogP contribution >= 0.6 is 0 Å². The number of nitrogens with one attached hydrogen (secondary N) is 1. The van der Waals surface area contributed by atoms with E-state index in [1.165, 1.54) is 19.5 Å². The Labute approximate surface area is 284 Å². The van der Waals surface area contributed by atoms with Crippen LogP contribution < -0.4 is 15.1 Å². The second-order valence-corrected chi connectivity index (χ2v) is 14.0. The zero-order valence-corrected chi connectivity index (χ0v) is 27.9. The Hall–Kier alpha value is -4.46. The molecule has 7 rings (SSSR count). The van der Waals surface area contributed by atoms with Crippen molar-refractivity contribution in [1.29, 1.82) is 0 Å². The van der Waals surface area contributed by atoms with Crippen LogP contribution in [0.25, 0.3) is 0 Å². The van der Waals surface area contributed by atoms with Gasteiger partial charge in [0.25, 0.3) is 23.6 Å². The molecular formula is C35H43FN8O5. The third kappa shape index (κ3) is 6.62. The van der Waals surface area contributed by atoms with Crippen molar-refractivity contribution in [2.75, 3.05) is 62.7 Å². The first-order valence-corrected chi connectivity index (χ1v) is 17.6. The summed E-state index contributed by atoms with van der Waals surface area (Å²) >= 11 is 0. The number of benzene rings is 1. The molecular weight excluding hydrogens is 631 g/mol. The molecule has 1 aliphatic carbocycles. The maximum Gasteiger partial charge on any atom is 0.272 e. The van der Waals surface area contributed by atoms with Crippen LogP contribution in [0.5, 0.6) is 0 Å². The molecule has 4 aliphatic heterocycles. The van der Waals surface area contributed by atoms with Gasteiger partial charge in [0.15, 0.2) is 11.5 Å². The van der Waals surface area contributed by atoms with Crippen molar-refractivity contribution >= 4 is 41.0 Å². The molecule has 260 valence electrons. The van der Waals surface area contributed by atoms with E-state index in [1.54, 1.807) is 6.07 Å². The number of imide groups is 2. The van der Waals surface area contributed by atoms with Gasteiger partial charge < -0.3 is 15.1 Å². The molecule has 1 atom stereocenters. The summed E-state index contributed by atoms with van der Waals surface area (Å²) in [5, 5.41) is 11.7. The summed E-state index contributed by atoms with van der Waals surface area (Å²) < 4.78 is 15.4. The fourth-order valence-corrected chi connectivity index (χ4v) is 7.93. The van der Waals surface area contributed by atoms with E-state index in [2.05, 4.69) is 25.3 Å². The molecule has 5 aliphatic rings. The standard InChI is InChI=1S/C35H43FN8O5/c1-40-31(45)10-8-28(35(40)49)44-33(47)24-19-26(36)29(20-25(24)34(44)48)42-17-15-41(16-18-42)21-22-11-13-43(14-12-22)30-9-7-27(38-39-30)32(46)37-23-5-3-2-4-6-23/h7,9,19-20,22-23,28H,2-6,8,10-18,21H2,1H3,(H,37,46). The molecule has 1 saturated carbocycles. The molecule has 4 fully saturated rings. The molecule has 5 heterocycles. The molecule has 0 bridgehead atoms. The summed E-state index contributed by atoms with van der Waals surface area (Å²) in [5.74, 6) is -1.73. The number of likely N-dealkylation sites (tertiary alicyclic amines) is 1. The molecule has 0 spiro atoms. The minimum absolute atomic E-state index is 0.0490. The fourth-order valence-electron chi connectivity index (χ4n) is 7.93. The molecule has 1 aromatic carbocycles. The van der Waals surface area contributed by atoms with Gasteiger partial charge >= 0.3 is 0 Å². The van der Waals surface area contributed by atoms with Gasteiger partial charge in [-0.05, 0) is 62.3 Å². The van der Waals surface area contributed by atoms with Crippen LogP contribution in [0, 0.1) is 11.7 Å². The van der Waals surface area contributed by atoms with E-state index in [1.807, 2.05) is 11.0 Å². The first kappa shape index (κ1) is 33.1. The van der Waals surface area contributed by atoms with Crippen LogP contribution in [0.3, 0.4) is 0 Å². The first-order valence-electron chi connectivity index (χ1n) is 17.6. The third-order valence-electron chi connectivity index (χ3n) is 10.9. The number of anilines is 2. The molecule has 14 heteroatoms. The molecule has 2 aromatic rings. The minimum atomic E-state index is -1.07. The minimum Gasteiger partial charge on any atom is -0.367 e. The summed E-state index contributed by atoms with van der Waals surface area (Å²) in [6.07, 6.45) is 7.71. The number of amides is 5. The third-order valence-corrected chi connectivity index (χ3v) is 10.9. The molecule has 5 amide bonds. The molecule has 0 radical (unpaired) electrons. The Balaban J connectivity index is 0.894. The highest BCUT2D eigenvalue weighted by Gasteiger charge is 2.47. The number of carbonyl (C=O) groups excluding carboxylic acids is 5. The highest BCUT2D eigenvalue weighted by molar-refractivity contribution is 6.23. The Morgan fingerprint density at radius 3 is 2.20 bits per heavy atom. The molecule has 1 N–H and O–H groups in total. The van der Waals surface area contributed by atoms with Crippen molar-refractivity contribution in [2.45, 2.75) is 69.9 Å². The number of hydrogen-bond donors (Lipinski definition) is 1. The summed E-state index contributed by atoms with van der Waals surface area (Å²) in [6, 6.07) is 5.35. The Morgan fingerprint density at radius 2 is 1.53 bits per heavy atom. The van der Waals surface area contributed by atoms with Gasteiger partial charge in [-0.1, -0.05) is 19.3 Å². The van der Waals surface area contributed by atoms with E-state index in [9.17, 15) is 24.0 Å². The van der Waals surface area contributed by atoms with Crippen LogP contribution in [0.15, 0.2) is 24.3 Å². The zero-order chi connectivity index (χ0) is 34.2. The Bertz CT molecular complexity index is 1630. The molecule has 1 unspecified atom stereocenters. The normalized spacial score (nSPS) is 23.0. The number of piperidine rings is 2. The zero-order valence-electron chi connectivity index (χ0n) is 27.9. The smallest absolute Gasteiger partial charge is 0.272 e. The van der Waals surface area contributed by atoms with Crippen LogP contribution in [0.1, 0.15) is 89.0 Å². The van der Waals surface area contributed by atoms with E-state index in [-0.39, 0.29) is 47.5 Å². The lowest BCUT2D eigenvalue weighted by Crippen LogP contribution is -2.54. The predicted octanol–water partition coefficient (Wildman–Crippen LogP) is 2.46. The van der Waals surface area contributed by atoms with Crippen molar-refractivity contribution in [3.05, 3.63) is 46.9 Å². The number of fused-ring (bicyclic) bond motifs is 1. The van der Waals surface area contributed by atoms with Crippen molar-refractivity contribution in [3.63, 3.8) is 0 Å². The van der Waals surface area contributed by atoms with Gasteiger partial charge in [-0.15, -0.1) is 10.2 Å². The quantitative estimate of drug-likeness (QED) is 0.436. The number of halogens is 1. The van der Waals surface area contributed by atoms with Gasteiger partial charge in [-0.25, -0.2) is 4.39 Å². The number of piperazine rings is 1. The van der Waals surface area contributed by atoms with Crippen molar-refractivity contribution in [1.82, 2.24) is 30.2 Å². The second-order valence-electron chi connectivity index (χ2n) is 14.0. The lowest BCUT2D eigenvalue weighted by molar-refractivity contribution is -0.149. The van der Waals surface area contributed by atoms with E-state index < -0.39 is 29.6 Å². The largest absolute Gasteiger partial charge is 0.367 e. The van der Waals surface area contributed by atoms with Gasteiger partial charge in [0, 0.05) is 65.3 Å². The van der Waals surface area contributed by atoms with Crippen molar-refractivity contribution < 1.29 is 28.4 Å². The number of likely N-dealkylation sites (N-methyl/N-ethyl adjacent to an activating group) is 1. The van der Waals surface area contributed by atoms with E-state index in [0.717, 1.165) is 92.9 Å². The maximum absolute atomic E-state index is 15.4. The van der Waals surface area contributed by atoms with Gasteiger partial charge in [-0.2, -0.15) is 0 Å². The number of carbonyl (C=O) groups is 5. The first-order chi connectivity index (χ1) is 23.7. The highest BCUT2D eigenvalue weighted by atomic mass is 19.1. The number of rotatable bonds is 7. The monoisotopic (exact) mass is 674 g/mol. The van der Waals surface area contributed by atoms with Gasteiger partial charge in [-0.3, -0.25) is 38.7 Å². The predicted molar refractivity (Wildman–Crippen MR) is 178 cm³/mol. The molecule has 3 saturated heterocycles. The number of hydrogen-bond acceptors (Lipinski definition) is 10. The summed E-state index contributed by atoms with van der Waals surface area (Å²) in [4.78, 5) is 72.1. The molecule has 49 heavy (non-hydrogen) atoms. The summed E-state index contributed by atoms with van der Waals surface area (Å²) in [5.41, 5.74) is 0.666. The fraction of sp³-hybridized carbons (Fsp3) is 0.571. The summed E-state index contributed by atoms with van der Waals surface area (Å²) in [7, 11) is 1.34. The van der Waals surface area contributed by atoms with Gasteiger partial charge in [0.1, 0.15) is 11.9 Å². The maximum atomic E-state index is 15.4. The number of nitrogens with zero attached hydrogens (tertiary/aromatic N) is 7. The van der Waals surface area contributed by atoms with E-state index in [0.29, 0.717) is 24.7 Å². The van der Waals surface area contributed by atoms with Gasteiger partial charge in [0.2, 0.25) is 5.91 Å². The Kier molecular flexibility index (Phi) is 9.32. The average Bonchev–Trinajstić information content (AvgIpc) is 3.35. The topological polar surface area (TPSA) is 139 Å². The highest BCUT2D eigenvalue weighted by Crippen LogP contribution is 2.34. The molecule has 1 aromatic heterocycles. The SMILES string of the molecule is CN1C(=O)CCC(N2C(=O)c3cc(F)c(N4CCN(CC5CCN(c6ccc(C(=O)NC7CCCCC7)nn6)CC5)CC4)cc3C2=O)C1=O. The van der Waals surface area contributed by atoms with Crippen LogP contribution in [0.4, 0.5) is 15.9 Å². The lowest BCUT2D eigenvalue weighted by Gasteiger charge is -2.39. The van der Waals surface area contributed by atoms with Crippen molar-refractivity contribution in [2.24, 2.45) is 5.92 Å². The lowest BCUT2D eigenvalue weighted by atomic mass is 9.95. The number of aromatic nitrogens is 2. The van der Waals surface area contributed by atoms with Crippen LogP contribution in [-0.4, -0.2) is 119 Å². The van der Waals surface area contributed by atoms with Crippen LogP contribution in [0.2, 0.25) is 0 Å². The second kappa shape index (κ2) is 13.8. The Morgan fingerprint density at radius 1 is 0.837 bits per heavy atom. The van der Waals surface area contributed by atoms with E-state index in [4.69, 9.17) is 0 Å². The molecule has 13 nitrogen and oxygen atoms in total. The van der Waals surface area contributed by atoms with E-state index >= 15 is 4.39 Å². The van der Waals surface area contributed by atoms with Crippen molar-refractivity contribution in [3.8, 4) is 0 Å². The van der Waals surface area contributed by atoms with Crippen LogP contribution in [-0.2, 0) is 9.59 Å². The average molecular weight is 675 g/mol.